The normalized spacial score (nSPS) is 19.3. The van der Waals surface area contributed by atoms with E-state index in [1.54, 1.807) is 31.2 Å². The van der Waals surface area contributed by atoms with Crippen LogP contribution >= 0.6 is 0 Å². The zero-order valence-corrected chi connectivity index (χ0v) is 12.3. The Labute approximate surface area is 132 Å². The maximum Gasteiger partial charge on any atom is 0.269 e. The lowest BCUT2D eigenvalue weighted by molar-refractivity contribution is -0.384. The molecule has 2 aromatic carbocycles. The molecule has 118 valence electrons. The van der Waals surface area contributed by atoms with Crippen molar-refractivity contribution in [3.8, 4) is 11.5 Å². The minimum atomic E-state index is -1.02. The number of nitrogens with zero attached hydrogens (tertiary/aromatic N) is 1. The number of hydrogen-bond donors (Lipinski definition) is 1. The molecule has 0 radical (unpaired) electrons. The number of ether oxygens (including phenoxy) is 2. The Balaban J connectivity index is 1.70. The molecular formula is C16H14N2O5. The van der Waals surface area contributed by atoms with Crippen LogP contribution in [0.4, 0.5) is 5.69 Å². The Morgan fingerprint density at radius 2 is 1.91 bits per heavy atom. The fourth-order valence-corrected chi connectivity index (χ4v) is 2.27. The van der Waals surface area contributed by atoms with E-state index >= 15 is 0 Å². The van der Waals surface area contributed by atoms with Gasteiger partial charge in [0.2, 0.25) is 5.72 Å². The van der Waals surface area contributed by atoms with Crippen molar-refractivity contribution in [1.29, 1.82) is 0 Å². The molecule has 0 aromatic heterocycles. The van der Waals surface area contributed by atoms with Crippen molar-refractivity contribution in [1.82, 2.24) is 5.32 Å². The van der Waals surface area contributed by atoms with E-state index in [4.69, 9.17) is 9.47 Å². The number of nitrogens with one attached hydrogen (secondary N) is 1. The van der Waals surface area contributed by atoms with Gasteiger partial charge in [0, 0.05) is 12.1 Å². The van der Waals surface area contributed by atoms with Crippen molar-refractivity contribution in [2.75, 3.05) is 6.61 Å². The zero-order chi connectivity index (χ0) is 16.4. The average molecular weight is 314 g/mol. The number of nitro groups is 1. The summed E-state index contributed by atoms with van der Waals surface area (Å²) in [4.78, 5) is 22.2. The number of para-hydroxylation sites is 1. The monoisotopic (exact) mass is 314 g/mol. The highest BCUT2D eigenvalue weighted by molar-refractivity contribution is 5.98. The lowest BCUT2D eigenvalue weighted by atomic mass is 10.1. The van der Waals surface area contributed by atoms with E-state index in [2.05, 4.69) is 5.32 Å². The number of amides is 1. The Morgan fingerprint density at radius 3 is 2.61 bits per heavy atom. The van der Waals surface area contributed by atoms with Crippen LogP contribution < -0.4 is 14.8 Å². The molecule has 0 fully saturated rings. The van der Waals surface area contributed by atoms with Crippen molar-refractivity contribution < 1.29 is 19.2 Å². The van der Waals surface area contributed by atoms with E-state index < -0.39 is 10.6 Å². The molecule has 1 aliphatic heterocycles. The molecule has 0 aliphatic carbocycles. The number of rotatable bonds is 4. The second-order valence-corrected chi connectivity index (χ2v) is 5.32. The number of hydrogen-bond acceptors (Lipinski definition) is 5. The van der Waals surface area contributed by atoms with Crippen LogP contribution in [-0.4, -0.2) is 23.2 Å². The smallest absolute Gasteiger partial charge is 0.269 e. The van der Waals surface area contributed by atoms with Gasteiger partial charge in [-0.25, -0.2) is 0 Å². The summed E-state index contributed by atoms with van der Waals surface area (Å²) in [6.45, 7) is 1.76. The van der Waals surface area contributed by atoms with Crippen molar-refractivity contribution in [3.05, 3.63) is 64.2 Å². The van der Waals surface area contributed by atoms with Gasteiger partial charge in [-0.05, 0) is 31.2 Å². The fraction of sp³-hybridized carbons (Fsp3) is 0.188. The van der Waals surface area contributed by atoms with Gasteiger partial charge in [-0.2, -0.15) is 0 Å². The van der Waals surface area contributed by atoms with Gasteiger partial charge >= 0.3 is 0 Å². The number of fused-ring (bicyclic) bond motifs is 1. The van der Waals surface area contributed by atoms with Gasteiger partial charge in [0.1, 0.15) is 18.1 Å². The van der Waals surface area contributed by atoms with Crippen LogP contribution in [0.2, 0.25) is 0 Å². The van der Waals surface area contributed by atoms with Crippen molar-refractivity contribution in [2.45, 2.75) is 12.6 Å². The Hall–Kier alpha value is -3.09. The number of benzene rings is 2. The van der Waals surface area contributed by atoms with Gasteiger partial charge in [0.05, 0.1) is 10.5 Å². The third-order valence-electron chi connectivity index (χ3n) is 3.41. The van der Waals surface area contributed by atoms with Crippen LogP contribution in [0.15, 0.2) is 48.5 Å². The molecular weight excluding hydrogens is 300 g/mol. The zero-order valence-electron chi connectivity index (χ0n) is 12.3. The third-order valence-corrected chi connectivity index (χ3v) is 3.41. The van der Waals surface area contributed by atoms with Crippen molar-refractivity contribution >= 4 is 11.6 Å². The van der Waals surface area contributed by atoms with Gasteiger partial charge in [0.25, 0.3) is 11.6 Å². The molecule has 1 amide bonds. The highest BCUT2D eigenvalue weighted by Gasteiger charge is 2.36. The summed E-state index contributed by atoms with van der Waals surface area (Å²) in [5.41, 5.74) is -0.562. The predicted octanol–water partition coefficient (Wildman–Crippen LogP) is 2.51. The van der Waals surface area contributed by atoms with Gasteiger partial charge in [-0.15, -0.1) is 0 Å². The van der Waals surface area contributed by atoms with Gasteiger partial charge < -0.3 is 14.8 Å². The first-order valence-electron chi connectivity index (χ1n) is 6.95. The number of non-ortho nitro benzene ring substituents is 1. The van der Waals surface area contributed by atoms with E-state index in [-0.39, 0.29) is 18.2 Å². The summed E-state index contributed by atoms with van der Waals surface area (Å²) in [6.07, 6.45) is 0. The Morgan fingerprint density at radius 1 is 1.22 bits per heavy atom. The molecule has 0 saturated carbocycles. The highest BCUT2D eigenvalue weighted by atomic mass is 16.6. The first kappa shape index (κ1) is 14.8. The van der Waals surface area contributed by atoms with Crippen LogP contribution in [-0.2, 0) is 0 Å². The predicted molar refractivity (Wildman–Crippen MR) is 81.5 cm³/mol. The molecule has 1 aliphatic rings. The Bertz CT molecular complexity index is 759. The fourth-order valence-electron chi connectivity index (χ4n) is 2.27. The lowest BCUT2D eigenvalue weighted by Crippen LogP contribution is -2.57. The standard InChI is InChI=1S/C16H14N2O5/c1-16(10-22-12-8-6-11(7-9-12)18(20)21)17-15(19)13-4-2-3-5-14(13)23-16/h2-9H,10H2,1H3,(H,17,19). The number of carbonyl (C=O) groups excluding carboxylic acids is 1. The molecule has 7 nitrogen and oxygen atoms in total. The van der Waals surface area contributed by atoms with E-state index in [0.717, 1.165) is 0 Å². The molecule has 23 heavy (non-hydrogen) atoms. The number of nitro benzene ring substituents is 1. The lowest BCUT2D eigenvalue weighted by Gasteiger charge is -2.35. The summed E-state index contributed by atoms with van der Waals surface area (Å²) < 4.78 is 11.4. The van der Waals surface area contributed by atoms with Crippen molar-refractivity contribution in [2.24, 2.45) is 0 Å². The molecule has 0 spiro atoms. The highest BCUT2D eigenvalue weighted by Crippen LogP contribution is 2.28. The van der Waals surface area contributed by atoms with Gasteiger partial charge in [-0.3, -0.25) is 14.9 Å². The average Bonchev–Trinajstić information content (AvgIpc) is 2.53. The maximum atomic E-state index is 12.1. The number of carbonyl (C=O) groups is 1. The molecule has 1 atom stereocenters. The van der Waals surface area contributed by atoms with Crippen LogP contribution in [0.1, 0.15) is 17.3 Å². The van der Waals surface area contributed by atoms with E-state index in [0.29, 0.717) is 17.1 Å². The maximum absolute atomic E-state index is 12.1. The first-order chi connectivity index (χ1) is 11.0. The van der Waals surface area contributed by atoms with Crippen LogP contribution in [0.3, 0.4) is 0 Å². The molecule has 2 aromatic rings. The minimum absolute atomic E-state index is 0.0142. The first-order valence-corrected chi connectivity index (χ1v) is 6.95. The molecule has 1 unspecified atom stereocenters. The summed E-state index contributed by atoms with van der Waals surface area (Å²) in [7, 11) is 0. The topological polar surface area (TPSA) is 90.7 Å². The molecule has 7 heteroatoms. The molecule has 0 saturated heterocycles. The van der Waals surface area contributed by atoms with E-state index in [1.165, 1.54) is 24.3 Å². The van der Waals surface area contributed by atoms with Crippen LogP contribution in [0.25, 0.3) is 0 Å². The van der Waals surface area contributed by atoms with Gasteiger partial charge in [0.15, 0.2) is 0 Å². The van der Waals surface area contributed by atoms with Gasteiger partial charge in [-0.1, -0.05) is 12.1 Å². The van der Waals surface area contributed by atoms with E-state index in [1.807, 2.05) is 0 Å². The summed E-state index contributed by atoms with van der Waals surface area (Å²) in [5.74, 6) is 0.709. The molecule has 3 rings (SSSR count). The molecule has 1 N–H and O–H groups in total. The SMILES string of the molecule is CC1(COc2ccc([N+](=O)[O-])cc2)NC(=O)c2ccccc2O1. The quantitative estimate of drug-likeness (QED) is 0.691. The summed E-state index contributed by atoms with van der Waals surface area (Å²) in [6, 6.07) is 12.7. The van der Waals surface area contributed by atoms with Crippen molar-refractivity contribution in [3.63, 3.8) is 0 Å². The second-order valence-electron chi connectivity index (χ2n) is 5.32. The van der Waals surface area contributed by atoms with Crippen LogP contribution in [0, 0.1) is 10.1 Å². The summed E-state index contributed by atoms with van der Waals surface area (Å²) >= 11 is 0. The second kappa shape index (κ2) is 5.60. The van der Waals surface area contributed by atoms with E-state index in [9.17, 15) is 14.9 Å². The summed E-state index contributed by atoms with van der Waals surface area (Å²) in [5, 5.41) is 13.4. The molecule has 1 heterocycles. The largest absolute Gasteiger partial charge is 0.487 e. The molecule has 0 bridgehead atoms. The minimum Gasteiger partial charge on any atom is -0.487 e. The Kier molecular flexibility index (Phi) is 3.61. The van der Waals surface area contributed by atoms with Crippen LogP contribution in [0.5, 0.6) is 11.5 Å². The third kappa shape index (κ3) is 3.08.